The first-order valence-corrected chi connectivity index (χ1v) is 7.32. The molecule has 0 bridgehead atoms. The molecule has 1 aromatic heterocycles. The molecule has 0 saturated carbocycles. The largest absolute Gasteiger partial charge is 0.501 e. The highest BCUT2D eigenvalue weighted by atomic mass is 16.3. The van der Waals surface area contributed by atoms with E-state index in [9.17, 15) is 9.90 Å². The standard InChI is InChI=1S/C15H24N4O2/c1-8(2)16-15-17-14(21)13(20)12-11(6)18(9(3)4)7-10(5)19(12)15/h8-10,20H,6-7H2,1-5H3,(H,16,17,21)/t10-/m0/s1. The molecular weight excluding hydrogens is 268 g/mol. The lowest BCUT2D eigenvalue weighted by Gasteiger charge is -2.41. The number of nitrogens with one attached hydrogen (secondary N) is 1. The van der Waals surface area contributed by atoms with Gasteiger partial charge in [-0.2, -0.15) is 4.98 Å². The second kappa shape index (κ2) is 5.42. The van der Waals surface area contributed by atoms with Gasteiger partial charge in [-0.15, -0.1) is 0 Å². The van der Waals surface area contributed by atoms with E-state index in [0.717, 1.165) is 6.54 Å². The summed E-state index contributed by atoms with van der Waals surface area (Å²) < 4.78 is 1.87. The molecule has 0 saturated heterocycles. The van der Waals surface area contributed by atoms with Crippen LogP contribution in [-0.2, 0) is 0 Å². The number of nitrogens with zero attached hydrogens (tertiary/aromatic N) is 3. The zero-order valence-corrected chi connectivity index (χ0v) is 13.3. The Balaban J connectivity index is 2.67. The van der Waals surface area contributed by atoms with Crippen LogP contribution in [0.25, 0.3) is 5.70 Å². The van der Waals surface area contributed by atoms with E-state index in [1.165, 1.54) is 0 Å². The molecular formula is C15H24N4O2. The summed E-state index contributed by atoms with van der Waals surface area (Å²) in [5.74, 6) is 0.159. The fourth-order valence-electron chi connectivity index (χ4n) is 2.72. The molecule has 2 heterocycles. The Kier molecular flexibility index (Phi) is 3.98. The van der Waals surface area contributed by atoms with Gasteiger partial charge in [-0.25, -0.2) is 0 Å². The zero-order valence-electron chi connectivity index (χ0n) is 13.3. The van der Waals surface area contributed by atoms with Gasteiger partial charge in [0.25, 0.3) is 0 Å². The van der Waals surface area contributed by atoms with Crippen LogP contribution in [0, 0.1) is 0 Å². The number of rotatable bonds is 3. The molecule has 0 spiro atoms. The first-order valence-electron chi connectivity index (χ1n) is 7.32. The summed E-state index contributed by atoms with van der Waals surface area (Å²) in [5.41, 5.74) is 0.501. The van der Waals surface area contributed by atoms with Crippen molar-refractivity contribution in [3.05, 3.63) is 22.6 Å². The Morgan fingerprint density at radius 1 is 1.38 bits per heavy atom. The van der Waals surface area contributed by atoms with Gasteiger partial charge in [0.15, 0.2) is 0 Å². The van der Waals surface area contributed by atoms with E-state index in [0.29, 0.717) is 17.3 Å². The minimum absolute atomic E-state index is 0.0770. The van der Waals surface area contributed by atoms with Crippen molar-refractivity contribution in [3.63, 3.8) is 0 Å². The van der Waals surface area contributed by atoms with Gasteiger partial charge in [-0.3, -0.25) is 4.79 Å². The lowest BCUT2D eigenvalue weighted by Crippen LogP contribution is -2.41. The summed E-state index contributed by atoms with van der Waals surface area (Å²) in [6.07, 6.45) is 0. The van der Waals surface area contributed by atoms with Gasteiger partial charge < -0.3 is 19.9 Å². The van der Waals surface area contributed by atoms with Crippen molar-refractivity contribution in [1.29, 1.82) is 0 Å². The van der Waals surface area contributed by atoms with Crippen molar-refractivity contribution in [1.82, 2.24) is 14.5 Å². The minimum atomic E-state index is -0.622. The molecule has 116 valence electrons. The Bertz CT molecular complexity index is 619. The van der Waals surface area contributed by atoms with Crippen LogP contribution in [0.4, 0.5) is 5.95 Å². The quantitative estimate of drug-likeness (QED) is 0.892. The SMILES string of the molecule is C=C1c2c(O)c(=O)nc(NC(C)C)n2[C@@H](C)CN1C(C)C. The Hall–Kier alpha value is -1.98. The maximum atomic E-state index is 11.9. The molecule has 6 heteroatoms. The second-order valence-corrected chi connectivity index (χ2v) is 6.15. The van der Waals surface area contributed by atoms with E-state index in [-0.39, 0.29) is 23.9 Å². The molecule has 21 heavy (non-hydrogen) atoms. The highest BCUT2D eigenvalue weighted by molar-refractivity contribution is 5.67. The smallest absolute Gasteiger partial charge is 0.317 e. The van der Waals surface area contributed by atoms with Crippen LogP contribution in [-0.4, -0.2) is 38.2 Å². The van der Waals surface area contributed by atoms with Crippen molar-refractivity contribution in [2.45, 2.75) is 52.7 Å². The molecule has 0 amide bonds. The summed E-state index contributed by atoms with van der Waals surface area (Å²) in [4.78, 5) is 18.0. The maximum absolute atomic E-state index is 11.9. The van der Waals surface area contributed by atoms with Crippen molar-refractivity contribution in [2.75, 3.05) is 11.9 Å². The maximum Gasteiger partial charge on any atom is 0.317 e. The Morgan fingerprint density at radius 2 is 2.00 bits per heavy atom. The average molecular weight is 292 g/mol. The van der Waals surface area contributed by atoms with Crippen LogP contribution in [0.2, 0.25) is 0 Å². The van der Waals surface area contributed by atoms with E-state index in [4.69, 9.17) is 0 Å². The van der Waals surface area contributed by atoms with E-state index < -0.39 is 5.56 Å². The number of aromatic nitrogens is 2. The van der Waals surface area contributed by atoms with Gasteiger partial charge in [0.05, 0.1) is 11.7 Å². The monoisotopic (exact) mass is 292 g/mol. The van der Waals surface area contributed by atoms with Gasteiger partial charge in [0.1, 0.15) is 5.69 Å². The molecule has 6 nitrogen and oxygen atoms in total. The van der Waals surface area contributed by atoms with Gasteiger partial charge in [0.2, 0.25) is 11.7 Å². The molecule has 1 atom stereocenters. The van der Waals surface area contributed by atoms with Gasteiger partial charge in [-0.05, 0) is 34.6 Å². The lowest BCUT2D eigenvalue weighted by atomic mass is 10.1. The third-order valence-electron chi connectivity index (χ3n) is 3.67. The lowest BCUT2D eigenvalue weighted by molar-refractivity contribution is 0.257. The molecule has 1 aliphatic rings. The first-order chi connectivity index (χ1) is 9.73. The molecule has 0 fully saturated rings. The van der Waals surface area contributed by atoms with Crippen molar-refractivity contribution < 1.29 is 5.11 Å². The van der Waals surface area contributed by atoms with Gasteiger partial charge >= 0.3 is 5.56 Å². The van der Waals surface area contributed by atoms with Gasteiger partial charge in [0, 0.05) is 18.6 Å². The predicted molar refractivity (Wildman–Crippen MR) is 84.5 cm³/mol. The number of anilines is 1. The Morgan fingerprint density at radius 3 is 2.52 bits per heavy atom. The normalized spacial score (nSPS) is 18.3. The summed E-state index contributed by atoms with van der Waals surface area (Å²) >= 11 is 0. The van der Waals surface area contributed by atoms with Crippen LogP contribution in [0.1, 0.15) is 46.4 Å². The highest BCUT2D eigenvalue weighted by Crippen LogP contribution is 2.35. The molecule has 1 aliphatic heterocycles. The Labute approximate surface area is 125 Å². The summed E-state index contributed by atoms with van der Waals surface area (Å²) in [6.45, 7) is 15.0. The average Bonchev–Trinajstić information content (AvgIpc) is 2.36. The predicted octanol–water partition coefficient (Wildman–Crippen LogP) is 2.02. The zero-order chi connectivity index (χ0) is 15.9. The number of hydrogen-bond donors (Lipinski definition) is 2. The van der Waals surface area contributed by atoms with E-state index in [2.05, 4.69) is 35.6 Å². The fourth-order valence-corrected chi connectivity index (χ4v) is 2.72. The topological polar surface area (TPSA) is 70.4 Å². The van der Waals surface area contributed by atoms with Crippen LogP contribution in [0.15, 0.2) is 11.4 Å². The molecule has 0 unspecified atom stereocenters. The number of aromatic hydroxyl groups is 1. The molecule has 0 aromatic carbocycles. The third kappa shape index (κ3) is 2.62. The van der Waals surface area contributed by atoms with Crippen molar-refractivity contribution >= 4 is 11.6 Å². The summed E-state index contributed by atoms with van der Waals surface area (Å²) in [6, 6.07) is 0.465. The van der Waals surface area contributed by atoms with Crippen LogP contribution < -0.4 is 10.9 Å². The molecule has 0 radical (unpaired) electrons. The number of hydrogen-bond acceptors (Lipinski definition) is 5. The van der Waals surface area contributed by atoms with Crippen LogP contribution >= 0.6 is 0 Å². The van der Waals surface area contributed by atoms with E-state index >= 15 is 0 Å². The van der Waals surface area contributed by atoms with Crippen molar-refractivity contribution in [3.8, 4) is 5.75 Å². The second-order valence-electron chi connectivity index (χ2n) is 6.15. The summed E-state index contributed by atoms with van der Waals surface area (Å²) in [7, 11) is 0. The third-order valence-corrected chi connectivity index (χ3v) is 3.67. The molecule has 0 aliphatic carbocycles. The molecule has 1 aromatic rings. The van der Waals surface area contributed by atoms with Crippen LogP contribution in [0.3, 0.4) is 0 Å². The first kappa shape index (κ1) is 15.4. The molecule has 2 rings (SSSR count). The van der Waals surface area contributed by atoms with E-state index in [1.807, 2.05) is 25.3 Å². The fraction of sp³-hybridized carbons (Fsp3) is 0.600. The minimum Gasteiger partial charge on any atom is -0.501 e. The summed E-state index contributed by atoms with van der Waals surface area (Å²) in [5, 5.41) is 13.4. The highest BCUT2D eigenvalue weighted by Gasteiger charge is 2.31. The molecule has 2 N–H and O–H groups in total. The van der Waals surface area contributed by atoms with Crippen molar-refractivity contribution in [2.24, 2.45) is 0 Å². The van der Waals surface area contributed by atoms with Crippen LogP contribution in [0.5, 0.6) is 5.75 Å². The number of fused-ring (bicyclic) bond motifs is 1. The van der Waals surface area contributed by atoms with Gasteiger partial charge in [-0.1, -0.05) is 6.58 Å². The van der Waals surface area contributed by atoms with E-state index in [1.54, 1.807) is 0 Å².